The van der Waals surface area contributed by atoms with E-state index in [1.807, 2.05) is 6.92 Å². The number of carbonyl (C=O) groups excluding carboxylic acids is 1. The summed E-state index contributed by atoms with van der Waals surface area (Å²) in [6, 6.07) is 1.17. The Morgan fingerprint density at radius 2 is 0.744 bits per heavy atom. The largest absolute Gasteiger partial charge is 0.466 e. The molecule has 0 aromatic carbocycles. The molecule has 0 unspecified atom stereocenters. The lowest BCUT2D eigenvalue weighted by atomic mass is 10.0. The molecule has 0 saturated heterocycles. The van der Waals surface area contributed by atoms with Crippen LogP contribution in [0.1, 0.15) is 142 Å². The predicted octanol–water partition coefficient (Wildman–Crippen LogP) is 11.5. The second-order valence-electron chi connectivity index (χ2n) is 13.9. The van der Waals surface area contributed by atoms with Gasteiger partial charge in [0.15, 0.2) is 16.6 Å². The zero-order valence-corrected chi connectivity index (χ0v) is 30.9. The van der Waals surface area contributed by atoms with E-state index in [4.69, 9.17) is 13.0 Å². The third kappa shape index (κ3) is 29.3. The second kappa shape index (κ2) is 23.6. The Hall–Kier alpha value is 0.0406. The molecule has 0 bridgehead atoms. The van der Waals surface area contributed by atoms with E-state index in [2.05, 4.69) is 45.8 Å². The minimum absolute atomic E-state index is 0.0315. The van der Waals surface area contributed by atoms with E-state index < -0.39 is 25.2 Å². The Morgan fingerprint density at radius 1 is 0.462 bits per heavy atom. The molecule has 0 amide bonds. The van der Waals surface area contributed by atoms with Crippen molar-refractivity contribution in [3.63, 3.8) is 0 Å². The molecule has 0 N–H and O–H groups in total. The number of unbranched alkanes of at least 4 members (excludes halogenated alkanes) is 19. The molecule has 7 heteroatoms. The monoisotopic (exact) mass is 602 g/mol. The highest BCUT2D eigenvalue weighted by molar-refractivity contribution is 6.87. The molecule has 0 aromatic rings. The maximum Gasteiger partial charge on any atom is 0.314 e. The van der Waals surface area contributed by atoms with Crippen molar-refractivity contribution in [1.29, 1.82) is 0 Å². The fourth-order valence-corrected chi connectivity index (χ4v) is 18.2. The summed E-state index contributed by atoms with van der Waals surface area (Å²) < 4.78 is 18.2. The lowest BCUT2D eigenvalue weighted by Crippen LogP contribution is -2.52. The molecular weight excluding hydrogens is 533 g/mol. The first-order valence-corrected chi connectivity index (χ1v) is 26.3. The van der Waals surface area contributed by atoms with Gasteiger partial charge in [-0.25, -0.2) is 0 Å². The van der Waals surface area contributed by atoms with Gasteiger partial charge < -0.3 is 13.0 Å². The van der Waals surface area contributed by atoms with Crippen molar-refractivity contribution in [2.75, 3.05) is 6.61 Å². The lowest BCUT2D eigenvalue weighted by molar-refractivity contribution is -0.143. The average molecular weight is 603 g/mol. The molecule has 0 rings (SSSR count). The van der Waals surface area contributed by atoms with E-state index in [0.717, 1.165) is 6.42 Å². The molecule has 234 valence electrons. The van der Waals surface area contributed by atoms with Gasteiger partial charge in [-0.05, 0) is 65.2 Å². The van der Waals surface area contributed by atoms with Crippen molar-refractivity contribution in [1.82, 2.24) is 0 Å². The lowest BCUT2D eigenvalue weighted by Gasteiger charge is -2.38. The van der Waals surface area contributed by atoms with Crippen molar-refractivity contribution in [3.05, 3.63) is 0 Å². The van der Waals surface area contributed by atoms with Crippen LogP contribution in [0.25, 0.3) is 0 Å². The summed E-state index contributed by atoms with van der Waals surface area (Å²) in [5, 5.41) is 0. The van der Waals surface area contributed by atoms with E-state index in [9.17, 15) is 4.79 Å². The standard InChI is InChI=1S/C32H70O4Si3/c1-9-34-32(33)30-28-26-24-22-20-18-16-14-12-10-11-13-15-17-19-21-23-25-27-29-31-39(8,35-37(2,3)4)36-38(5,6)7/h9-31H2,1-8H3. The van der Waals surface area contributed by atoms with Crippen LogP contribution < -0.4 is 0 Å². The van der Waals surface area contributed by atoms with Gasteiger partial charge >= 0.3 is 14.5 Å². The molecule has 0 aliphatic heterocycles. The van der Waals surface area contributed by atoms with Crippen molar-refractivity contribution < 1.29 is 17.8 Å². The van der Waals surface area contributed by atoms with E-state index >= 15 is 0 Å². The third-order valence-electron chi connectivity index (χ3n) is 7.11. The molecule has 39 heavy (non-hydrogen) atoms. The predicted molar refractivity (Wildman–Crippen MR) is 179 cm³/mol. The van der Waals surface area contributed by atoms with E-state index in [1.165, 1.54) is 128 Å². The van der Waals surface area contributed by atoms with Gasteiger partial charge in [-0.15, -0.1) is 0 Å². The number of esters is 1. The fraction of sp³-hybridized carbons (Fsp3) is 0.969. The zero-order chi connectivity index (χ0) is 29.5. The average Bonchev–Trinajstić information content (AvgIpc) is 2.80. The van der Waals surface area contributed by atoms with Gasteiger partial charge in [-0.2, -0.15) is 0 Å². The first kappa shape index (κ1) is 39.0. The number of hydrogen-bond acceptors (Lipinski definition) is 4. The number of rotatable bonds is 28. The van der Waals surface area contributed by atoms with Crippen LogP contribution in [0, 0.1) is 0 Å². The number of hydrogen-bond donors (Lipinski definition) is 0. The molecular formula is C32H70O4Si3. The van der Waals surface area contributed by atoms with Crippen LogP contribution in [0.4, 0.5) is 0 Å². The molecule has 0 heterocycles. The molecule has 0 atom stereocenters. The van der Waals surface area contributed by atoms with Crippen LogP contribution in [-0.2, 0) is 17.8 Å². The Labute approximate surface area is 248 Å². The SMILES string of the molecule is CCOC(=O)CCCCCCCCCCCCCCCCCCCCCC[Si](C)(O[Si](C)(C)C)O[Si](C)(C)C. The van der Waals surface area contributed by atoms with Crippen molar-refractivity contribution in [2.45, 2.75) is 194 Å². The van der Waals surface area contributed by atoms with Gasteiger partial charge in [0.2, 0.25) is 0 Å². The summed E-state index contributed by atoms with van der Waals surface area (Å²) in [5.41, 5.74) is 0. The highest BCUT2D eigenvalue weighted by atomic mass is 28.5. The van der Waals surface area contributed by atoms with E-state index in [0.29, 0.717) is 13.0 Å². The van der Waals surface area contributed by atoms with Gasteiger partial charge in [0.25, 0.3) is 0 Å². The highest BCUT2D eigenvalue weighted by Crippen LogP contribution is 2.26. The Bertz CT molecular complexity index is 557. The normalized spacial score (nSPS) is 12.7. The van der Waals surface area contributed by atoms with Gasteiger partial charge in [-0.3, -0.25) is 4.79 Å². The van der Waals surface area contributed by atoms with Gasteiger partial charge in [0.1, 0.15) is 0 Å². The first-order chi connectivity index (χ1) is 18.4. The second-order valence-corrected chi connectivity index (χ2v) is 26.8. The molecule has 0 spiro atoms. The highest BCUT2D eigenvalue weighted by Gasteiger charge is 2.39. The Kier molecular flexibility index (Phi) is 23.6. The molecule has 0 saturated carbocycles. The summed E-state index contributed by atoms with van der Waals surface area (Å²) >= 11 is 0. The van der Waals surface area contributed by atoms with Crippen LogP contribution in [0.5, 0.6) is 0 Å². The Morgan fingerprint density at radius 3 is 1.03 bits per heavy atom. The van der Waals surface area contributed by atoms with Crippen LogP contribution >= 0.6 is 0 Å². The maximum atomic E-state index is 11.3. The van der Waals surface area contributed by atoms with Gasteiger partial charge in [0, 0.05) is 6.42 Å². The summed E-state index contributed by atoms with van der Waals surface area (Å²) in [5.74, 6) is -0.0315. The third-order valence-corrected chi connectivity index (χ3v) is 16.7. The molecule has 0 aliphatic carbocycles. The van der Waals surface area contributed by atoms with Crippen molar-refractivity contribution >= 4 is 31.2 Å². The van der Waals surface area contributed by atoms with Crippen molar-refractivity contribution in [3.8, 4) is 0 Å². The van der Waals surface area contributed by atoms with Gasteiger partial charge in [0.05, 0.1) is 6.61 Å². The van der Waals surface area contributed by atoms with E-state index in [-0.39, 0.29) is 5.97 Å². The minimum atomic E-state index is -2.03. The Balaban J connectivity index is 3.45. The summed E-state index contributed by atoms with van der Waals surface area (Å²) in [4.78, 5) is 11.3. The summed E-state index contributed by atoms with van der Waals surface area (Å²) in [6.07, 6.45) is 27.7. The maximum absolute atomic E-state index is 11.3. The smallest absolute Gasteiger partial charge is 0.314 e. The minimum Gasteiger partial charge on any atom is -0.466 e. The molecule has 0 aliphatic rings. The molecule has 4 nitrogen and oxygen atoms in total. The summed E-state index contributed by atoms with van der Waals surface area (Å²) in [7, 11) is -5.16. The summed E-state index contributed by atoms with van der Waals surface area (Å²) in [6.45, 7) is 18.5. The number of ether oxygens (including phenoxy) is 1. The van der Waals surface area contributed by atoms with Crippen LogP contribution in [0.3, 0.4) is 0 Å². The molecule has 0 fully saturated rings. The zero-order valence-electron chi connectivity index (χ0n) is 27.9. The topological polar surface area (TPSA) is 44.8 Å². The van der Waals surface area contributed by atoms with Gasteiger partial charge in [-0.1, -0.05) is 122 Å². The van der Waals surface area contributed by atoms with E-state index in [1.54, 1.807) is 0 Å². The van der Waals surface area contributed by atoms with Crippen LogP contribution in [0.15, 0.2) is 0 Å². The quantitative estimate of drug-likeness (QED) is 0.0507. The fourth-order valence-electron chi connectivity index (χ4n) is 5.55. The van der Waals surface area contributed by atoms with Crippen LogP contribution in [-0.4, -0.2) is 37.8 Å². The van der Waals surface area contributed by atoms with Crippen molar-refractivity contribution in [2.24, 2.45) is 0 Å². The first-order valence-electron chi connectivity index (χ1n) is 16.9. The molecule has 0 aromatic heterocycles. The molecule has 0 radical (unpaired) electrons. The number of carbonyl (C=O) groups is 1. The van der Waals surface area contributed by atoms with Crippen LogP contribution in [0.2, 0.25) is 51.9 Å².